The van der Waals surface area contributed by atoms with E-state index < -0.39 is 0 Å². The van der Waals surface area contributed by atoms with Gasteiger partial charge in [0.1, 0.15) is 0 Å². The lowest BCUT2D eigenvalue weighted by Gasteiger charge is -2.37. The number of fused-ring (bicyclic) bond motifs is 1. The maximum absolute atomic E-state index is 13.3. The SMILES string of the molecule is COc1ccc(C[C@H]2c3cc(OC)c(OC)cc3CCN2C(=O)c2ccco2)cc1OC. The quantitative estimate of drug-likeness (QED) is 0.549. The van der Waals surface area contributed by atoms with Gasteiger partial charge < -0.3 is 28.3 Å². The molecule has 0 unspecified atom stereocenters. The lowest BCUT2D eigenvalue weighted by molar-refractivity contribution is 0.0626. The van der Waals surface area contributed by atoms with Crippen LogP contribution in [0.4, 0.5) is 0 Å². The Balaban J connectivity index is 1.77. The second kappa shape index (κ2) is 9.26. The molecule has 7 nitrogen and oxygen atoms in total. The molecule has 1 atom stereocenters. The molecule has 2 aromatic carbocycles. The Labute approximate surface area is 187 Å². The van der Waals surface area contributed by atoms with Crippen molar-refractivity contribution in [3.8, 4) is 23.0 Å². The van der Waals surface area contributed by atoms with Gasteiger partial charge in [-0.25, -0.2) is 0 Å². The zero-order chi connectivity index (χ0) is 22.7. The molecule has 0 fully saturated rings. The Morgan fingerprint density at radius 1 is 0.938 bits per heavy atom. The highest BCUT2D eigenvalue weighted by atomic mass is 16.5. The normalized spacial score (nSPS) is 15.1. The third kappa shape index (κ3) is 3.98. The maximum Gasteiger partial charge on any atom is 0.290 e. The standard InChI is InChI=1S/C25H27NO6/c1-28-20-8-7-16(13-22(20)29-2)12-19-18-15-24(31-4)23(30-3)14-17(18)9-10-26(19)25(27)21-6-5-11-32-21/h5-8,11,13-15,19H,9-10,12H2,1-4H3/t19-/m0/s1. The van der Waals surface area contributed by atoms with Gasteiger partial charge in [0.05, 0.1) is 40.7 Å². The first-order valence-electron chi connectivity index (χ1n) is 10.4. The van der Waals surface area contributed by atoms with Gasteiger partial charge in [0, 0.05) is 6.54 Å². The molecular weight excluding hydrogens is 410 g/mol. The number of methoxy groups -OCH3 is 4. The molecule has 0 radical (unpaired) electrons. The van der Waals surface area contributed by atoms with E-state index in [1.54, 1.807) is 40.6 Å². The molecule has 7 heteroatoms. The summed E-state index contributed by atoms with van der Waals surface area (Å²) in [6.45, 7) is 0.569. The molecule has 2 heterocycles. The number of hydrogen-bond acceptors (Lipinski definition) is 6. The number of amides is 1. The van der Waals surface area contributed by atoms with Gasteiger partial charge >= 0.3 is 0 Å². The number of ether oxygens (including phenoxy) is 4. The van der Waals surface area contributed by atoms with Gasteiger partial charge in [-0.15, -0.1) is 0 Å². The molecular formula is C25H27NO6. The zero-order valence-corrected chi connectivity index (χ0v) is 18.7. The van der Waals surface area contributed by atoms with Crippen LogP contribution in [0.1, 0.15) is 33.3 Å². The highest BCUT2D eigenvalue weighted by Crippen LogP contribution is 2.40. The van der Waals surface area contributed by atoms with Crippen molar-refractivity contribution in [3.05, 3.63) is 71.2 Å². The van der Waals surface area contributed by atoms with Gasteiger partial charge in [-0.3, -0.25) is 4.79 Å². The van der Waals surface area contributed by atoms with E-state index in [0.29, 0.717) is 48.1 Å². The van der Waals surface area contributed by atoms with E-state index in [1.807, 2.05) is 35.2 Å². The van der Waals surface area contributed by atoms with Gasteiger partial charge in [-0.1, -0.05) is 6.07 Å². The molecule has 1 aliphatic rings. The van der Waals surface area contributed by atoms with Crippen LogP contribution in [0.15, 0.2) is 53.1 Å². The third-order valence-corrected chi connectivity index (χ3v) is 5.87. The summed E-state index contributed by atoms with van der Waals surface area (Å²) in [5.74, 6) is 2.82. The summed E-state index contributed by atoms with van der Waals surface area (Å²) in [5.41, 5.74) is 3.19. The van der Waals surface area contributed by atoms with E-state index in [0.717, 1.165) is 16.7 Å². The Kier molecular flexibility index (Phi) is 6.25. The Bertz CT molecular complexity index is 1090. The molecule has 0 N–H and O–H groups in total. The van der Waals surface area contributed by atoms with Crippen molar-refractivity contribution < 1.29 is 28.2 Å². The molecule has 4 rings (SSSR count). The molecule has 0 spiro atoms. The summed E-state index contributed by atoms with van der Waals surface area (Å²) >= 11 is 0. The monoisotopic (exact) mass is 437 g/mol. The lowest BCUT2D eigenvalue weighted by atomic mass is 9.87. The minimum atomic E-state index is -0.214. The Hall–Kier alpha value is -3.61. The Morgan fingerprint density at radius 3 is 2.28 bits per heavy atom. The lowest BCUT2D eigenvalue weighted by Crippen LogP contribution is -2.41. The number of benzene rings is 2. The van der Waals surface area contributed by atoms with Crippen LogP contribution in [-0.4, -0.2) is 45.8 Å². The van der Waals surface area contributed by atoms with Gasteiger partial charge in [0.2, 0.25) is 0 Å². The molecule has 1 aromatic heterocycles. The molecule has 1 amide bonds. The molecule has 1 aliphatic heterocycles. The highest BCUT2D eigenvalue weighted by molar-refractivity contribution is 5.92. The smallest absolute Gasteiger partial charge is 0.290 e. The van der Waals surface area contributed by atoms with E-state index in [1.165, 1.54) is 6.26 Å². The summed E-state index contributed by atoms with van der Waals surface area (Å²) in [6, 6.07) is 13.0. The summed E-state index contributed by atoms with van der Waals surface area (Å²) in [6.07, 6.45) is 2.82. The van der Waals surface area contributed by atoms with E-state index in [-0.39, 0.29) is 11.9 Å². The van der Waals surface area contributed by atoms with E-state index in [9.17, 15) is 4.79 Å². The second-order valence-corrected chi connectivity index (χ2v) is 7.54. The van der Waals surface area contributed by atoms with Crippen LogP contribution < -0.4 is 18.9 Å². The molecule has 0 saturated carbocycles. The van der Waals surface area contributed by atoms with Crippen LogP contribution in [-0.2, 0) is 12.8 Å². The van der Waals surface area contributed by atoms with Crippen molar-refractivity contribution in [2.24, 2.45) is 0 Å². The number of nitrogens with zero attached hydrogens (tertiary/aromatic N) is 1. The van der Waals surface area contributed by atoms with Gasteiger partial charge in [-0.05, 0) is 65.9 Å². The fraction of sp³-hybridized carbons (Fsp3) is 0.320. The fourth-order valence-electron chi connectivity index (χ4n) is 4.26. The summed E-state index contributed by atoms with van der Waals surface area (Å²) in [5, 5.41) is 0. The molecule has 168 valence electrons. The minimum Gasteiger partial charge on any atom is -0.493 e. The average molecular weight is 437 g/mol. The number of furan rings is 1. The van der Waals surface area contributed by atoms with Gasteiger partial charge in [0.25, 0.3) is 5.91 Å². The van der Waals surface area contributed by atoms with Crippen LogP contribution in [0.3, 0.4) is 0 Å². The Morgan fingerprint density at radius 2 is 1.62 bits per heavy atom. The first kappa shape index (κ1) is 21.6. The zero-order valence-electron chi connectivity index (χ0n) is 18.7. The van der Waals surface area contributed by atoms with Crippen LogP contribution in [0.25, 0.3) is 0 Å². The van der Waals surface area contributed by atoms with Crippen molar-refractivity contribution in [1.82, 2.24) is 4.90 Å². The first-order valence-corrected chi connectivity index (χ1v) is 10.4. The highest BCUT2D eigenvalue weighted by Gasteiger charge is 2.34. The fourth-order valence-corrected chi connectivity index (χ4v) is 4.26. The molecule has 3 aromatic rings. The largest absolute Gasteiger partial charge is 0.493 e. The number of carbonyl (C=O) groups excluding carboxylic acids is 1. The van der Waals surface area contributed by atoms with Crippen LogP contribution in [0.2, 0.25) is 0 Å². The topological polar surface area (TPSA) is 70.4 Å². The van der Waals surface area contributed by atoms with Crippen LogP contribution >= 0.6 is 0 Å². The van der Waals surface area contributed by atoms with Crippen molar-refractivity contribution in [1.29, 1.82) is 0 Å². The van der Waals surface area contributed by atoms with Crippen molar-refractivity contribution in [2.45, 2.75) is 18.9 Å². The first-order chi connectivity index (χ1) is 15.6. The number of hydrogen-bond donors (Lipinski definition) is 0. The number of rotatable bonds is 7. The van der Waals surface area contributed by atoms with E-state index in [2.05, 4.69) is 0 Å². The predicted molar refractivity (Wildman–Crippen MR) is 119 cm³/mol. The molecule has 0 aliphatic carbocycles. The van der Waals surface area contributed by atoms with E-state index in [4.69, 9.17) is 23.4 Å². The maximum atomic E-state index is 13.3. The number of carbonyl (C=O) groups is 1. The average Bonchev–Trinajstić information content (AvgIpc) is 3.37. The predicted octanol–water partition coefficient (Wildman–Crippen LogP) is 4.30. The van der Waals surface area contributed by atoms with E-state index >= 15 is 0 Å². The third-order valence-electron chi connectivity index (χ3n) is 5.87. The van der Waals surface area contributed by atoms with Gasteiger partial charge in [-0.2, -0.15) is 0 Å². The summed E-state index contributed by atoms with van der Waals surface area (Å²) < 4.78 is 27.3. The van der Waals surface area contributed by atoms with Crippen molar-refractivity contribution >= 4 is 5.91 Å². The van der Waals surface area contributed by atoms with Crippen molar-refractivity contribution in [3.63, 3.8) is 0 Å². The minimum absolute atomic E-state index is 0.138. The molecule has 0 saturated heterocycles. The van der Waals surface area contributed by atoms with Gasteiger partial charge in [0.15, 0.2) is 28.8 Å². The molecule has 32 heavy (non-hydrogen) atoms. The summed E-state index contributed by atoms with van der Waals surface area (Å²) in [7, 11) is 6.46. The second-order valence-electron chi connectivity index (χ2n) is 7.54. The molecule has 0 bridgehead atoms. The van der Waals surface area contributed by atoms with Crippen LogP contribution in [0, 0.1) is 0 Å². The summed E-state index contributed by atoms with van der Waals surface area (Å²) in [4.78, 5) is 15.2. The van der Waals surface area contributed by atoms with Crippen LogP contribution in [0.5, 0.6) is 23.0 Å². The van der Waals surface area contributed by atoms with Crippen molar-refractivity contribution in [2.75, 3.05) is 35.0 Å².